The van der Waals surface area contributed by atoms with Crippen LogP contribution in [0.1, 0.15) is 31.9 Å². The number of ether oxygens (including phenoxy) is 4. The van der Waals surface area contributed by atoms with Crippen molar-refractivity contribution in [1.82, 2.24) is 10.2 Å². The van der Waals surface area contributed by atoms with Gasteiger partial charge in [-0.25, -0.2) is 4.79 Å². The molecule has 0 radical (unpaired) electrons. The van der Waals surface area contributed by atoms with Crippen molar-refractivity contribution in [2.24, 2.45) is 0 Å². The zero-order chi connectivity index (χ0) is 26.1. The van der Waals surface area contributed by atoms with E-state index in [1.807, 2.05) is 60.7 Å². The maximum absolute atomic E-state index is 12.5. The van der Waals surface area contributed by atoms with Crippen molar-refractivity contribution in [3.8, 4) is 0 Å². The van der Waals surface area contributed by atoms with Gasteiger partial charge < -0.3 is 29.4 Å². The van der Waals surface area contributed by atoms with Crippen molar-refractivity contribution < 1.29 is 28.8 Å². The normalized spacial score (nSPS) is 22.0. The zero-order valence-corrected chi connectivity index (χ0v) is 22.1. The molecule has 1 aliphatic heterocycles. The quantitative estimate of drug-likeness (QED) is 0.514. The maximum Gasteiger partial charge on any atom is 0.416 e. The van der Waals surface area contributed by atoms with Crippen LogP contribution < -0.4 is 5.32 Å². The number of rotatable bonds is 8. The number of hydrogen-bond donors (Lipinski definition) is 2. The lowest BCUT2D eigenvalue weighted by atomic mass is 9.97. The Bertz CT molecular complexity index is 969. The summed E-state index contributed by atoms with van der Waals surface area (Å²) >= 11 is 5.50. The zero-order valence-electron chi connectivity index (χ0n) is 21.3. The SMILES string of the molecule is CN(C(=O)OC(C)(C)C)C(=S)NC1COC(CO)C(OCc2ccccc2)C1OCc1ccccc1. The molecule has 1 fully saturated rings. The molecule has 1 saturated heterocycles. The Kier molecular flexibility index (Phi) is 10.2. The van der Waals surface area contributed by atoms with Crippen LogP contribution in [0.3, 0.4) is 0 Å². The van der Waals surface area contributed by atoms with Gasteiger partial charge in [-0.05, 0) is 44.1 Å². The van der Waals surface area contributed by atoms with E-state index in [9.17, 15) is 9.90 Å². The summed E-state index contributed by atoms with van der Waals surface area (Å²) < 4.78 is 24.0. The maximum atomic E-state index is 12.5. The lowest BCUT2D eigenvalue weighted by Gasteiger charge is -2.42. The van der Waals surface area contributed by atoms with Gasteiger partial charge in [0.1, 0.15) is 23.9 Å². The molecule has 3 rings (SSSR count). The van der Waals surface area contributed by atoms with Crippen molar-refractivity contribution >= 4 is 23.4 Å². The number of aliphatic hydroxyl groups is 1. The summed E-state index contributed by atoms with van der Waals surface area (Å²) in [6.45, 7) is 6.02. The third-order valence-corrected chi connectivity index (χ3v) is 6.00. The van der Waals surface area contributed by atoms with Gasteiger partial charge in [0.05, 0.1) is 32.5 Å². The molecule has 1 heterocycles. The van der Waals surface area contributed by atoms with E-state index in [4.69, 9.17) is 31.2 Å². The van der Waals surface area contributed by atoms with Gasteiger partial charge in [-0.3, -0.25) is 4.90 Å². The Hall–Kier alpha value is -2.56. The van der Waals surface area contributed by atoms with E-state index in [0.29, 0.717) is 13.2 Å². The molecule has 0 bridgehead atoms. The van der Waals surface area contributed by atoms with Gasteiger partial charge in [0.2, 0.25) is 0 Å². The number of nitrogens with one attached hydrogen (secondary N) is 1. The van der Waals surface area contributed by atoms with Crippen molar-refractivity contribution in [3.63, 3.8) is 0 Å². The van der Waals surface area contributed by atoms with Crippen LogP contribution >= 0.6 is 12.2 Å². The minimum Gasteiger partial charge on any atom is -0.443 e. The first-order chi connectivity index (χ1) is 17.2. The molecule has 0 saturated carbocycles. The second-order valence-corrected chi connectivity index (χ2v) is 10.1. The lowest BCUT2D eigenvalue weighted by Crippen LogP contribution is -2.63. The Balaban J connectivity index is 1.77. The van der Waals surface area contributed by atoms with Crippen LogP contribution in [-0.2, 0) is 32.2 Å². The molecule has 2 N–H and O–H groups in total. The highest BCUT2D eigenvalue weighted by atomic mass is 32.1. The molecule has 4 unspecified atom stereocenters. The van der Waals surface area contributed by atoms with E-state index >= 15 is 0 Å². The first kappa shape index (κ1) is 28.0. The van der Waals surface area contributed by atoms with E-state index in [0.717, 1.165) is 11.1 Å². The van der Waals surface area contributed by atoms with Crippen LogP contribution in [0.4, 0.5) is 4.79 Å². The lowest BCUT2D eigenvalue weighted by molar-refractivity contribution is -0.202. The number of carbonyl (C=O) groups is 1. The molecular weight excluding hydrogens is 480 g/mol. The largest absolute Gasteiger partial charge is 0.443 e. The van der Waals surface area contributed by atoms with E-state index in [1.165, 1.54) is 4.90 Å². The molecule has 0 aromatic heterocycles. The van der Waals surface area contributed by atoms with Crippen molar-refractivity contribution in [1.29, 1.82) is 0 Å². The number of hydrogen-bond acceptors (Lipinski definition) is 7. The minimum absolute atomic E-state index is 0.176. The topological polar surface area (TPSA) is 89.5 Å². The molecule has 2 aromatic carbocycles. The number of benzene rings is 2. The highest BCUT2D eigenvalue weighted by molar-refractivity contribution is 7.80. The summed E-state index contributed by atoms with van der Waals surface area (Å²) in [6.07, 6.45) is -2.25. The second kappa shape index (κ2) is 13.1. The number of amides is 1. The Morgan fingerprint density at radius 2 is 1.56 bits per heavy atom. The van der Waals surface area contributed by atoms with E-state index in [1.54, 1.807) is 27.8 Å². The molecule has 8 nitrogen and oxygen atoms in total. The number of aliphatic hydroxyl groups excluding tert-OH is 1. The third kappa shape index (κ3) is 8.25. The molecular formula is C27H36N2O6S. The van der Waals surface area contributed by atoms with Crippen LogP contribution in [0.2, 0.25) is 0 Å². The molecule has 0 aliphatic carbocycles. The summed E-state index contributed by atoms with van der Waals surface area (Å²) in [5, 5.41) is 13.4. The predicted molar refractivity (Wildman–Crippen MR) is 140 cm³/mol. The molecule has 1 aliphatic rings. The van der Waals surface area contributed by atoms with E-state index in [2.05, 4.69) is 5.32 Å². The fraction of sp³-hybridized carbons (Fsp3) is 0.481. The average Bonchev–Trinajstić information content (AvgIpc) is 2.86. The fourth-order valence-corrected chi connectivity index (χ4v) is 3.98. The van der Waals surface area contributed by atoms with Gasteiger partial charge in [0.25, 0.3) is 0 Å². The monoisotopic (exact) mass is 516 g/mol. The van der Waals surface area contributed by atoms with Gasteiger partial charge in [-0.1, -0.05) is 60.7 Å². The van der Waals surface area contributed by atoms with Gasteiger partial charge >= 0.3 is 6.09 Å². The highest BCUT2D eigenvalue weighted by Gasteiger charge is 2.43. The first-order valence-corrected chi connectivity index (χ1v) is 12.4. The molecule has 2 aromatic rings. The average molecular weight is 517 g/mol. The molecule has 1 amide bonds. The first-order valence-electron chi connectivity index (χ1n) is 12.0. The number of carbonyl (C=O) groups excluding carboxylic acids is 1. The summed E-state index contributed by atoms with van der Waals surface area (Å²) in [5.41, 5.74) is 1.34. The molecule has 9 heteroatoms. The third-order valence-electron chi connectivity index (χ3n) is 5.61. The summed E-state index contributed by atoms with van der Waals surface area (Å²) in [5.74, 6) is 0. The Labute approximate surface area is 218 Å². The molecule has 4 atom stereocenters. The minimum atomic E-state index is -0.652. The van der Waals surface area contributed by atoms with Gasteiger partial charge in [0, 0.05) is 7.05 Å². The molecule has 36 heavy (non-hydrogen) atoms. The smallest absolute Gasteiger partial charge is 0.416 e. The molecule has 196 valence electrons. The standard InChI is InChI=1S/C27H36N2O6S/c1-27(2,3)35-26(31)29(4)25(36)28-21-18-32-22(15-30)24(34-17-20-13-9-6-10-14-20)23(21)33-16-19-11-7-5-8-12-19/h5-14,21-24,30H,15-18H2,1-4H3,(H,28,36). The summed E-state index contributed by atoms with van der Waals surface area (Å²) in [6, 6.07) is 19.1. The Morgan fingerprint density at radius 1 is 1.03 bits per heavy atom. The van der Waals surface area contributed by atoms with E-state index < -0.39 is 36.0 Å². The highest BCUT2D eigenvalue weighted by Crippen LogP contribution is 2.24. The number of nitrogens with zero attached hydrogens (tertiary/aromatic N) is 1. The van der Waals surface area contributed by atoms with Gasteiger partial charge in [0.15, 0.2) is 5.11 Å². The van der Waals surface area contributed by atoms with E-state index in [-0.39, 0.29) is 18.3 Å². The van der Waals surface area contributed by atoms with Crippen LogP contribution in [0.15, 0.2) is 60.7 Å². The fourth-order valence-electron chi connectivity index (χ4n) is 3.75. The second-order valence-electron chi connectivity index (χ2n) is 9.67. The van der Waals surface area contributed by atoms with Crippen LogP contribution in [0.25, 0.3) is 0 Å². The summed E-state index contributed by atoms with van der Waals surface area (Å²) in [4.78, 5) is 13.8. The van der Waals surface area contributed by atoms with Crippen molar-refractivity contribution in [2.75, 3.05) is 20.3 Å². The predicted octanol–water partition coefficient (Wildman–Crippen LogP) is 3.66. The van der Waals surface area contributed by atoms with Crippen molar-refractivity contribution in [3.05, 3.63) is 71.8 Å². The van der Waals surface area contributed by atoms with Crippen LogP contribution in [0, 0.1) is 0 Å². The van der Waals surface area contributed by atoms with Gasteiger partial charge in [-0.15, -0.1) is 0 Å². The summed E-state index contributed by atoms with van der Waals surface area (Å²) in [7, 11) is 1.55. The van der Waals surface area contributed by atoms with Crippen molar-refractivity contribution in [2.45, 2.75) is 63.9 Å². The van der Waals surface area contributed by atoms with Crippen LogP contribution in [0.5, 0.6) is 0 Å². The Morgan fingerprint density at radius 3 is 2.06 bits per heavy atom. The number of thiocarbonyl (C=S) groups is 1. The van der Waals surface area contributed by atoms with Gasteiger partial charge in [-0.2, -0.15) is 0 Å². The van der Waals surface area contributed by atoms with Crippen LogP contribution in [-0.4, -0.2) is 71.4 Å². The molecule has 0 spiro atoms.